The van der Waals surface area contributed by atoms with Crippen LogP contribution in [0.3, 0.4) is 0 Å². The highest BCUT2D eigenvalue weighted by atomic mass is 19.1. The molecule has 0 N–H and O–H groups in total. The zero-order valence-electron chi connectivity index (χ0n) is 24.9. The van der Waals surface area contributed by atoms with Crippen LogP contribution < -0.4 is 0 Å². The largest absolute Gasteiger partial charge is 0.251 e. The fraction of sp³-hybridized carbons (Fsp3) is 0.429. The summed E-state index contributed by atoms with van der Waals surface area (Å²) in [5, 5.41) is 0. The lowest BCUT2D eigenvalue weighted by molar-refractivity contribution is 0.494. The molecule has 1 heteroatoms. The lowest BCUT2D eigenvalue weighted by Gasteiger charge is -2.28. The van der Waals surface area contributed by atoms with Gasteiger partial charge < -0.3 is 0 Å². The Kier molecular flexibility index (Phi) is 8.04. The minimum absolute atomic E-state index is 0.310. The Morgan fingerprint density at radius 3 is 1.00 bits per heavy atom. The molecule has 0 amide bonds. The minimum Gasteiger partial charge on any atom is -0.251 e. The second kappa shape index (κ2) is 10.4. The van der Waals surface area contributed by atoms with Crippen molar-refractivity contribution in [3.8, 4) is 22.3 Å². The number of rotatable bonds is 5. The fourth-order valence-corrected chi connectivity index (χ4v) is 6.43. The molecule has 36 heavy (non-hydrogen) atoms. The van der Waals surface area contributed by atoms with Gasteiger partial charge in [-0.3, -0.25) is 4.39 Å². The lowest BCUT2D eigenvalue weighted by Crippen LogP contribution is -2.08. The highest BCUT2D eigenvalue weighted by Crippen LogP contribution is 2.45. The van der Waals surface area contributed by atoms with Gasteiger partial charge in [-0.2, -0.15) is 0 Å². The van der Waals surface area contributed by atoms with Gasteiger partial charge in [-0.25, -0.2) is 0 Å². The highest BCUT2D eigenvalue weighted by Gasteiger charge is 2.25. The van der Waals surface area contributed by atoms with Gasteiger partial charge in [-0.15, -0.1) is 0 Å². The van der Waals surface area contributed by atoms with Crippen molar-refractivity contribution in [2.24, 2.45) is 0 Å². The molecular formula is C35H45F. The maximum absolute atomic E-state index is 13.4. The van der Waals surface area contributed by atoms with Crippen molar-refractivity contribution in [3.63, 3.8) is 0 Å². The topological polar surface area (TPSA) is 0 Å². The van der Waals surface area contributed by atoms with Crippen molar-refractivity contribution in [3.05, 3.63) is 84.0 Å². The van der Waals surface area contributed by atoms with Crippen LogP contribution >= 0.6 is 0 Å². The Hall–Kier alpha value is -2.67. The Bertz CT molecular complexity index is 1310. The second-order valence-corrected chi connectivity index (χ2v) is 10.8. The molecule has 0 atom stereocenters. The quantitative estimate of drug-likeness (QED) is 0.338. The Morgan fingerprint density at radius 1 is 0.444 bits per heavy atom. The third-order valence-electron chi connectivity index (χ3n) is 9.27. The number of allylic oxidation sites excluding steroid dienone is 1. The van der Waals surface area contributed by atoms with E-state index in [1.165, 1.54) is 100 Å². The second-order valence-electron chi connectivity index (χ2n) is 10.8. The van der Waals surface area contributed by atoms with Crippen molar-refractivity contribution in [1.82, 2.24) is 0 Å². The van der Waals surface area contributed by atoms with E-state index in [-0.39, 0.29) is 6.67 Å². The first-order valence-electron chi connectivity index (χ1n) is 13.3. The lowest BCUT2D eigenvalue weighted by atomic mass is 9.76. The standard InChI is InChI=1S/C35H45F/c1-14-15-30-18(2)22(6)32(23(7)19(30)3)34-26(10)28(12)35(29(13)27(34)11)33-24(8)20(4)31(16-17-36)21(5)25(33)9/h14-15H,16-17H2,1-13H3. The average Bonchev–Trinajstić information content (AvgIpc) is 2.85. The van der Waals surface area contributed by atoms with Crippen molar-refractivity contribution in [2.75, 3.05) is 6.67 Å². The molecule has 3 rings (SSSR count). The summed E-state index contributed by atoms with van der Waals surface area (Å²) in [5.41, 5.74) is 24.0. The Labute approximate surface area is 219 Å². The summed E-state index contributed by atoms with van der Waals surface area (Å²) >= 11 is 0. The van der Waals surface area contributed by atoms with Gasteiger partial charge in [0.15, 0.2) is 0 Å². The van der Waals surface area contributed by atoms with E-state index in [1.807, 2.05) is 0 Å². The molecule has 0 aliphatic heterocycles. The van der Waals surface area contributed by atoms with Crippen LogP contribution in [0.5, 0.6) is 0 Å². The Morgan fingerprint density at radius 2 is 0.722 bits per heavy atom. The first-order valence-corrected chi connectivity index (χ1v) is 13.3. The van der Waals surface area contributed by atoms with Gasteiger partial charge >= 0.3 is 0 Å². The zero-order chi connectivity index (χ0) is 27.2. The average molecular weight is 485 g/mol. The predicted octanol–water partition coefficient (Wildman–Crippen LogP) is 10.3. The molecule has 0 heterocycles. The van der Waals surface area contributed by atoms with Gasteiger partial charge in [-0.05, 0) is 190 Å². The van der Waals surface area contributed by atoms with Gasteiger partial charge in [0.05, 0.1) is 6.67 Å². The van der Waals surface area contributed by atoms with E-state index in [0.29, 0.717) is 6.42 Å². The summed E-state index contributed by atoms with van der Waals surface area (Å²) in [4.78, 5) is 0. The summed E-state index contributed by atoms with van der Waals surface area (Å²) in [6.07, 6.45) is 4.88. The smallest absolute Gasteiger partial charge is 0.0934 e. The zero-order valence-corrected chi connectivity index (χ0v) is 24.9. The molecule has 192 valence electrons. The molecule has 0 fully saturated rings. The SMILES string of the molecule is CC=Cc1c(C)c(C)c(-c2c(C)c(C)c(-c3c(C)c(C)c(CCF)c(C)c3C)c(C)c2C)c(C)c1C. The van der Waals surface area contributed by atoms with E-state index in [2.05, 4.69) is 102 Å². The number of hydrogen-bond donors (Lipinski definition) is 0. The summed E-state index contributed by atoms with van der Waals surface area (Å²) in [6.45, 7) is 28.8. The maximum atomic E-state index is 13.4. The molecule has 0 nitrogen and oxygen atoms in total. The van der Waals surface area contributed by atoms with Crippen LogP contribution in [0.4, 0.5) is 4.39 Å². The predicted molar refractivity (Wildman–Crippen MR) is 159 cm³/mol. The van der Waals surface area contributed by atoms with Crippen LogP contribution in [-0.2, 0) is 6.42 Å². The van der Waals surface area contributed by atoms with E-state index >= 15 is 0 Å². The van der Waals surface area contributed by atoms with Crippen molar-refractivity contribution >= 4 is 6.08 Å². The van der Waals surface area contributed by atoms with Gasteiger partial charge in [0.25, 0.3) is 0 Å². The minimum atomic E-state index is -0.310. The van der Waals surface area contributed by atoms with E-state index in [4.69, 9.17) is 0 Å². The fourth-order valence-electron chi connectivity index (χ4n) is 6.43. The summed E-state index contributed by atoms with van der Waals surface area (Å²) < 4.78 is 13.4. The monoisotopic (exact) mass is 484 g/mol. The van der Waals surface area contributed by atoms with Crippen molar-refractivity contribution in [2.45, 2.75) is 96.4 Å². The third-order valence-corrected chi connectivity index (χ3v) is 9.27. The first-order chi connectivity index (χ1) is 16.8. The third kappa shape index (κ3) is 4.15. The molecule has 0 bridgehead atoms. The molecule has 0 radical (unpaired) electrons. The van der Waals surface area contributed by atoms with E-state index < -0.39 is 0 Å². The highest BCUT2D eigenvalue weighted by molar-refractivity contribution is 5.89. The van der Waals surface area contributed by atoms with Crippen LogP contribution in [-0.4, -0.2) is 6.67 Å². The molecular weight excluding hydrogens is 439 g/mol. The van der Waals surface area contributed by atoms with Crippen LogP contribution in [0.1, 0.15) is 84.8 Å². The molecule has 0 saturated carbocycles. The van der Waals surface area contributed by atoms with Crippen LogP contribution in [0.15, 0.2) is 6.08 Å². The first kappa shape index (κ1) is 27.9. The number of alkyl halides is 1. The molecule has 0 spiro atoms. The summed E-state index contributed by atoms with van der Waals surface area (Å²) in [7, 11) is 0. The van der Waals surface area contributed by atoms with Crippen LogP contribution in [0.25, 0.3) is 28.3 Å². The van der Waals surface area contributed by atoms with Crippen LogP contribution in [0, 0.1) is 83.1 Å². The molecule has 3 aromatic carbocycles. The summed E-state index contributed by atoms with van der Waals surface area (Å²) in [6, 6.07) is 0. The van der Waals surface area contributed by atoms with E-state index in [9.17, 15) is 4.39 Å². The normalized spacial score (nSPS) is 11.7. The van der Waals surface area contributed by atoms with Gasteiger partial charge in [-0.1, -0.05) is 12.2 Å². The number of hydrogen-bond acceptors (Lipinski definition) is 0. The van der Waals surface area contributed by atoms with Crippen LogP contribution in [0.2, 0.25) is 0 Å². The maximum Gasteiger partial charge on any atom is 0.0934 e. The molecule has 3 aromatic rings. The molecule has 0 unspecified atom stereocenters. The van der Waals surface area contributed by atoms with E-state index in [1.54, 1.807) is 0 Å². The Balaban J connectivity index is 2.45. The molecule has 0 aromatic heterocycles. The summed E-state index contributed by atoms with van der Waals surface area (Å²) in [5.74, 6) is 0. The van der Waals surface area contributed by atoms with Gasteiger partial charge in [0, 0.05) is 6.42 Å². The van der Waals surface area contributed by atoms with E-state index in [0.717, 1.165) is 0 Å². The van der Waals surface area contributed by atoms with Crippen molar-refractivity contribution < 1.29 is 4.39 Å². The van der Waals surface area contributed by atoms with Crippen molar-refractivity contribution in [1.29, 1.82) is 0 Å². The molecule has 0 aliphatic rings. The molecule has 0 saturated heterocycles. The van der Waals surface area contributed by atoms with Gasteiger partial charge in [0.2, 0.25) is 0 Å². The number of halogens is 1. The number of benzene rings is 3. The van der Waals surface area contributed by atoms with Gasteiger partial charge in [0.1, 0.15) is 0 Å². The molecule has 0 aliphatic carbocycles.